The van der Waals surface area contributed by atoms with Crippen LogP contribution in [-0.4, -0.2) is 11.0 Å². The van der Waals surface area contributed by atoms with Crippen LogP contribution in [0.3, 0.4) is 0 Å². The maximum Gasteiger partial charge on any atom is 0.221 e. The molecule has 3 heteroatoms. The van der Waals surface area contributed by atoms with Gasteiger partial charge in [-0.05, 0) is 85.5 Å². The second-order valence-electron chi connectivity index (χ2n) is 9.08. The van der Waals surface area contributed by atoms with Gasteiger partial charge < -0.3 is 10.4 Å². The monoisotopic (exact) mass is 355 g/mol. The Balaban J connectivity index is 1.97. The third-order valence-electron chi connectivity index (χ3n) is 7.57. The van der Waals surface area contributed by atoms with Crippen LogP contribution in [0.2, 0.25) is 0 Å². The van der Waals surface area contributed by atoms with Gasteiger partial charge in [0.15, 0.2) is 0 Å². The molecule has 1 aromatic rings. The van der Waals surface area contributed by atoms with Crippen molar-refractivity contribution in [1.29, 1.82) is 0 Å². The van der Waals surface area contributed by atoms with Gasteiger partial charge >= 0.3 is 0 Å². The summed E-state index contributed by atoms with van der Waals surface area (Å²) in [7, 11) is 0. The predicted molar refractivity (Wildman–Crippen MR) is 107 cm³/mol. The fourth-order valence-electron chi connectivity index (χ4n) is 5.63. The lowest BCUT2D eigenvalue weighted by atomic mass is 9.47. The molecule has 1 amide bonds. The van der Waals surface area contributed by atoms with Gasteiger partial charge in [0.25, 0.3) is 0 Å². The van der Waals surface area contributed by atoms with E-state index in [-0.39, 0.29) is 16.7 Å². The van der Waals surface area contributed by atoms with Crippen molar-refractivity contribution in [3.8, 4) is 5.75 Å². The van der Waals surface area contributed by atoms with Crippen molar-refractivity contribution in [2.45, 2.75) is 66.7 Å². The number of phenolic OH excluding ortho intramolecular Hbond substituents is 1. The van der Waals surface area contributed by atoms with Gasteiger partial charge in [-0.3, -0.25) is 4.79 Å². The van der Waals surface area contributed by atoms with E-state index in [1.807, 2.05) is 6.07 Å². The first kappa shape index (κ1) is 19.0. The Morgan fingerprint density at radius 3 is 2.73 bits per heavy atom. The van der Waals surface area contributed by atoms with Gasteiger partial charge in [-0.1, -0.05) is 32.4 Å². The molecule has 0 aromatic heterocycles. The molecule has 0 saturated heterocycles. The quantitative estimate of drug-likeness (QED) is 0.540. The highest BCUT2D eigenvalue weighted by Crippen LogP contribution is 2.61. The molecule has 26 heavy (non-hydrogen) atoms. The van der Waals surface area contributed by atoms with Crippen LogP contribution in [0.5, 0.6) is 5.75 Å². The van der Waals surface area contributed by atoms with Gasteiger partial charge in [-0.2, -0.15) is 0 Å². The van der Waals surface area contributed by atoms with E-state index in [4.69, 9.17) is 0 Å². The molecule has 2 aliphatic rings. The van der Waals surface area contributed by atoms with Crippen LogP contribution in [0, 0.1) is 22.7 Å². The lowest BCUT2D eigenvalue weighted by Crippen LogP contribution is -2.50. The molecule has 3 rings (SSSR count). The Kier molecular flexibility index (Phi) is 4.94. The molecular formula is C23H33NO2. The zero-order valence-corrected chi connectivity index (χ0v) is 16.9. The zero-order valence-electron chi connectivity index (χ0n) is 16.9. The number of phenols is 1. The van der Waals surface area contributed by atoms with E-state index >= 15 is 0 Å². The number of carbonyl (C=O) groups excluding carboxylic acids is 1. The number of allylic oxidation sites excluding steroid dienone is 2. The van der Waals surface area contributed by atoms with Crippen LogP contribution < -0.4 is 5.32 Å². The van der Waals surface area contributed by atoms with E-state index in [2.05, 4.69) is 39.1 Å². The van der Waals surface area contributed by atoms with Crippen LogP contribution in [0.4, 0.5) is 5.69 Å². The molecule has 142 valence electrons. The molecule has 0 spiro atoms. The predicted octanol–water partition coefficient (Wildman–Crippen LogP) is 5.69. The number of rotatable bonds is 3. The number of carbonyl (C=O) groups is 1. The number of hydrogen-bond donors (Lipinski definition) is 2. The van der Waals surface area contributed by atoms with Gasteiger partial charge in [0, 0.05) is 12.6 Å². The molecular weight excluding hydrogens is 322 g/mol. The smallest absolute Gasteiger partial charge is 0.221 e. The Morgan fingerprint density at radius 2 is 2.04 bits per heavy atom. The van der Waals surface area contributed by atoms with Crippen LogP contribution in [0.25, 0.3) is 0 Å². The van der Waals surface area contributed by atoms with Crippen molar-refractivity contribution in [2.75, 3.05) is 5.32 Å². The molecule has 0 aliphatic heterocycles. The van der Waals surface area contributed by atoms with Crippen LogP contribution >= 0.6 is 0 Å². The molecule has 0 unspecified atom stereocenters. The normalized spacial score (nSPS) is 34.0. The minimum atomic E-state index is -0.0838. The Morgan fingerprint density at radius 1 is 1.31 bits per heavy atom. The Labute approximate surface area is 157 Å². The molecule has 0 bridgehead atoms. The first-order valence-corrected chi connectivity index (χ1v) is 9.93. The Bertz CT molecular complexity index is 738. The van der Waals surface area contributed by atoms with Crippen molar-refractivity contribution in [2.24, 2.45) is 22.7 Å². The first-order chi connectivity index (χ1) is 12.2. The molecule has 2 N–H and O–H groups in total. The summed E-state index contributed by atoms with van der Waals surface area (Å²) in [5.74, 6) is 1.48. The van der Waals surface area contributed by atoms with Crippen molar-refractivity contribution >= 4 is 11.6 Å². The summed E-state index contributed by atoms with van der Waals surface area (Å²) in [5, 5.41) is 13.3. The summed E-state index contributed by atoms with van der Waals surface area (Å²) in [4.78, 5) is 11.4. The molecule has 0 heterocycles. The third kappa shape index (κ3) is 3.17. The maximum absolute atomic E-state index is 11.4. The summed E-state index contributed by atoms with van der Waals surface area (Å²) in [6.45, 7) is 11.1. The summed E-state index contributed by atoms with van der Waals surface area (Å²) < 4.78 is 0. The van der Waals surface area contributed by atoms with Crippen molar-refractivity contribution < 1.29 is 9.90 Å². The van der Waals surface area contributed by atoms with E-state index in [1.165, 1.54) is 26.2 Å². The highest BCUT2D eigenvalue weighted by Gasteiger charge is 2.53. The van der Waals surface area contributed by atoms with E-state index in [9.17, 15) is 9.90 Å². The molecule has 1 saturated carbocycles. The number of aromatic hydroxyl groups is 1. The zero-order chi connectivity index (χ0) is 19.1. The van der Waals surface area contributed by atoms with Gasteiger partial charge in [0.05, 0.1) is 0 Å². The minimum absolute atomic E-state index is 0.0838. The summed E-state index contributed by atoms with van der Waals surface area (Å²) in [6.07, 6.45) is 8.14. The fourth-order valence-corrected chi connectivity index (χ4v) is 5.63. The van der Waals surface area contributed by atoms with Crippen LogP contribution in [0.1, 0.15) is 65.9 Å². The highest BCUT2D eigenvalue weighted by molar-refractivity contribution is 5.88. The first-order valence-electron chi connectivity index (χ1n) is 9.93. The largest absolute Gasteiger partial charge is 0.508 e. The highest BCUT2D eigenvalue weighted by atomic mass is 16.3. The molecule has 4 atom stereocenters. The van der Waals surface area contributed by atoms with E-state index < -0.39 is 0 Å². The number of hydrogen-bond acceptors (Lipinski definition) is 2. The lowest BCUT2D eigenvalue weighted by Gasteiger charge is -2.58. The number of fused-ring (bicyclic) bond motifs is 1. The number of nitrogens with one attached hydrogen (secondary N) is 1. The standard InChI is InChI=1S/C23H33NO2/c1-15-7-6-8-21-22(15,4)12-11-16(2)23(21,5)14-18-13-19(24-17(3)25)9-10-20(18)26/h7,9-10,13,16,21,26H,6,8,11-12,14H2,1-5H3,(H,24,25)/t16-,21+,22+,23+/m0/s1. The van der Waals surface area contributed by atoms with Crippen LogP contribution in [-0.2, 0) is 11.2 Å². The van der Waals surface area contributed by atoms with Gasteiger partial charge in [0.1, 0.15) is 5.75 Å². The topological polar surface area (TPSA) is 49.3 Å². The maximum atomic E-state index is 11.4. The summed E-state index contributed by atoms with van der Waals surface area (Å²) in [6, 6.07) is 5.43. The summed E-state index contributed by atoms with van der Waals surface area (Å²) >= 11 is 0. The van der Waals surface area contributed by atoms with Crippen molar-refractivity contribution in [3.63, 3.8) is 0 Å². The second-order valence-corrected chi connectivity index (χ2v) is 9.08. The second kappa shape index (κ2) is 6.75. The third-order valence-corrected chi connectivity index (χ3v) is 7.57. The molecule has 0 radical (unpaired) electrons. The molecule has 1 fully saturated rings. The SMILES string of the molecule is CC(=O)Nc1ccc(O)c(C[C@]2(C)[C@@H](C)CC[C@]3(C)C(C)=CCC[C@@H]23)c1. The number of anilines is 1. The number of benzene rings is 1. The molecule has 3 nitrogen and oxygen atoms in total. The number of amides is 1. The fraction of sp³-hybridized carbons (Fsp3) is 0.609. The minimum Gasteiger partial charge on any atom is -0.508 e. The molecule has 1 aromatic carbocycles. The average molecular weight is 356 g/mol. The van der Waals surface area contributed by atoms with E-state index in [0.29, 0.717) is 17.6 Å². The summed E-state index contributed by atoms with van der Waals surface area (Å²) in [5.41, 5.74) is 3.66. The average Bonchev–Trinajstić information content (AvgIpc) is 2.56. The molecule has 2 aliphatic carbocycles. The van der Waals surface area contributed by atoms with Crippen LogP contribution in [0.15, 0.2) is 29.8 Å². The van der Waals surface area contributed by atoms with E-state index in [1.54, 1.807) is 17.7 Å². The van der Waals surface area contributed by atoms with Gasteiger partial charge in [-0.25, -0.2) is 0 Å². The van der Waals surface area contributed by atoms with Crippen molar-refractivity contribution in [1.82, 2.24) is 0 Å². The van der Waals surface area contributed by atoms with E-state index in [0.717, 1.165) is 24.1 Å². The van der Waals surface area contributed by atoms with Crippen molar-refractivity contribution in [3.05, 3.63) is 35.4 Å². The lowest BCUT2D eigenvalue weighted by molar-refractivity contribution is -0.114. The van der Waals surface area contributed by atoms with Gasteiger partial charge in [0.2, 0.25) is 5.91 Å². The Hall–Kier alpha value is -1.77. The van der Waals surface area contributed by atoms with Gasteiger partial charge in [-0.15, -0.1) is 0 Å².